The number of para-hydroxylation sites is 2. The second-order valence-electron chi connectivity index (χ2n) is 16.5. The highest BCUT2D eigenvalue weighted by atomic mass is 15.1. The summed E-state index contributed by atoms with van der Waals surface area (Å²) in [6, 6.07) is 92.7. The molecule has 0 saturated heterocycles. The summed E-state index contributed by atoms with van der Waals surface area (Å²) in [6.07, 6.45) is 0. The summed E-state index contributed by atoms with van der Waals surface area (Å²) in [5.41, 5.74) is 16.3. The first-order chi connectivity index (χ1) is 31.7. The summed E-state index contributed by atoms with van der Waals surface area (Å²) in [6.45, 7) is 0. The van der Waals surface area contributed by atoms with E-state index in [1.54, 1.807) is 0 Å². The quantitative estimate of drug-likeness (QED) is 0.148. The molecule has 0 radical (unpaired) electrons. The Hall–Kier alpha value is -8.46. The van der Waals surface area contributed by atoms with Gasteiger partial charge in [0.25, 0.3) is 0 Å². The molecule has 0 aliphatic heterocycles. The molecule has 0 atom stereocenters. The van der Waals surface area contributed by atoms with Crippen LogP contribution in [-0.4, -0.2) is 4.57 Å². The van der Waals surface area contributed by atoms with Crippen LogP contribution in [0.5, 0.6) is 0 Å². The molecule has 300 valence electrons. The molecule has 0 amide bonds. The highest BCUT2D eigenvalue weighted by Crippen LogP contribution is 2.43. The number of aromatic nitrogens is 1. The fourth-order valence-corrected chi connectivity index (χ4v) is 9.76. The SMILES string of the molecule is c1ccc(-c2c(-c3ccc(N(c4ccc(-c5cccc6ccccc56)cc4)c4cccc(-c5ccc6ccccc6c5)c4)cc3)cccc2-n2c3ccccc3c3ccccc32)cc1. The normalized spacial score (nSPS) is 11.4. The number of rotatable bonds is 8. The molecule has 0 saturated carbocycles. The Bertz CT molecular complexity index is 3600. The Kier molecular flexibility index (Phi) is 9.20. The minimum atomic E-state index is 1.08. The van der Waals surface area contributed by atoms with Crippen LogP contribution in [0.1, 0.15) is 0 Å². The molecule has 0 aliphatic carbocycles. The molecule has 1 aromatic heterocycles. The van der Waals surface area contributed by atoms with E-state index in [1.807, 2.05) is 0 Å². The smallest absolute Gasteiger partial charge is 0.0546 e. The molecule has 0 aliphatic rings. The van der Waals surface area contributed by atoms with Gasteiger partial charge in [-0.3, -0.25) is 0 Å². The van der Waals surface area contributed by atoms with E-state index in [9.17, 15) is 0 Å². The van der Waals surface area contributed by atoms with E-state index in [1.165, 1.54) is 82.3 Å². The van der Waals surface area contributed by atoms with Crippen molar-refractivity contribution in [1.82, 2.24) is 4.57 Å². The Labute approximate surface area is 373 Å². The zero-order valence-electron chi connectivity index (χ0n) is 35.1. The number of hydrogen-bond donors (Lipinski definition) is 0. The van der Waals surface area contributed by atoms with Gasteiger partial charge >= 0.3 is 0 Å². The van der Waals surface area contributed by atoms with Crippen molar-refractivity contribution in [2.75, 3.05) is 4.90 Å². The van der Waals surface area contributed by atoms with Crippen molar-refractivity contribution in [2.24, 2.45) is 0 Å². The molecule has 0 unspecified atom stereocenters. The van der Waals surface area contributed by atoms with Crippen LogP contribution >= 0.6 is 0 Å². The summed E-state index contributed by atoms with van der Waals surface area (Å²) in [4.78, 5) is 2.38. The van der Waals surface area contributed by atoms with Gasteiger partial charge in [-0.15, -0.1) is 0 Å². The zero-order chi connectivity index (χ0) is 42.4. The van der Waals surface area contributed by atoms with E-state index in [0.29, 0.717) is 0 Å². The van der Waals surface area contributed by atoms with Gasteiger partial charge in [0, 0.05) is 33.4 Å². The van der Waals surface area contributed by atoms with Crippen LogP contribution in [0.4, 0.5) is 17.1 Å². The van der Waals surface area contributed by atoms with E-state index >= 15 is 0 Å². The summed E-state index contributed by atoms with van der Waals surface area (Å²) < 4.78 is 2.44. The summed E-state index contributed by atoms with van der Waals surface area (Å²) in [5.74, 6) is 0. The maximum absolute atomic E-state index is 2.44. The fourth-order valence-electron chi connectivity index (χ4n) is 9.76. The van der Waals surface area contributed by atoms with Gasteiger partial charge in [-0.05, 0) is 121 Å². The van der Waals surface area contributed by atoms with Crippen molar-refractivity contribution in [2.45, 2.75) is 0 Å². The molecule has 64 heavy (non-hydrogen) atoms. The van der Waals surface area contributed by atoms with Crippen LogP contribution in [0, 0.1) is 0 Å². The van der Waals surface area contributed by atoms with E-state index < -0.39 is 0 Å². The molecule has 12 rings (SSSR count). The first kappa shape index (κ1) is 37.3. The average molecular weight is 815 g/mol. The first-order valence-electron chi connectivity index (χ1n) is 22.0. The van der Waals surface area contributed by atoms with Crippen LogP contribution in [-0.2, 0) is 0 Å². The van der Waals surface area contributed by atoms with E-state index in [2.05, 4.69) is 264 Å². The van der Waals surface area contributed by atoms with Crippen molar-refractivity contribution >= 4 is 60.4 Å². The van der Waals surface area contributed by atoms with Crippen molar-refractivity contribution in [3.63, 3.8) is 0 Å². The first-order valence-corrected chi connectivity index (χ1v) is 22.0. The highest BCUT2D eigenvalue weighted by molar-refractivity contribution is 6.10. The predicted molar refractivity (Wildman–Crippen MR) is 272 cm³/mol. The molecular formula is C62H42N2. The lowest BCUT2D eigenvalue weighted by Gasteiger charge is -2.27. The topological polar surface area (TPSA) is 8.17 Å². The lowest BCUT2D eigenvalue weighted by Crippen LogP contribution is -2.10. The Balaban J connectivity index is 0.997. The second kappa shape index (κ2) is 15.8. The van der Waals surface area contributed by atoms with Gasteiger partial charge in [-0.25, -0.2) is 0 Å². The third-order valence-electron chi connectivity index (χ3n) is 12.8. The maximum atomic E-state index is 2.44. The molecule has 0 spiro atoms. The van der Waals surface area contributed by atoms with Crippen LogP contribution < -0.4 is 4.90 Å². The number of benzene rings is 11. The number of nitrogens with zero attached hydrogens (tertiary/aromatic N) is 2. The minimum absolute atomic E-state index is 1.08. The van der Waals surface area contributed by atoms with Crippen LogP contribution in [0.2, 0.25) is 0 Å². The third-order valence-corrected chi connectivity index (χ3v) is 12.8. The Morgan fingerprint density at radius 2 is 0.766 bits per heavy atom. The van der Waals surface area contributed by atoms with Gasteiger partial charge in [0.1, 0.15) is 0 Å². The Morgan fingerprint density at radius 3 is 1.48 bits per heavy atom. The van der Waals surface area contributed by atoms with E-state index in [0.717, 1.165) is 28.3 Å². The molecule has 0 fully saturated rings. The van der Waals surface area contributed by atoms with Crippen molar-refractivity contribution in [3.8, 4) is 50.2 Å². The fraction of sp³-hybridized carbons (Fsp3) is 0. The molecule has 12 aromatic rings. The number of anilines is 3. The largest absolute Gasteiger partial charge is 0.310 e. The lowest BCUT2D eigenvalue weighted by molar-refractivity contribution is 1.18. The van der Waals surface area contributed by atoms with Crippen LogP contribution in [0.3, 0.4) is 0 Å². The highest BCUT2D eigenvalue weighted by Gasteiger charge is 2.20. The van der Waals surface area contributed by atoms with Gasteiger partial charge in [-0.1, -0.05) is 194 Å². The number of hydrogen-bond acceptors (Lipinski definition) is 1. The van der Waals surface area contributed by atoms with Gasteiger partial charge in [0.2, 0.25) is 0 Å². The molecule has 2 nitrogen and oxygen atoms in total. The molecule has 11 aromatic carbocycles. The molecule has 2 heteroatoms. The lowest BCUT2D eigenvalue weighted by atomic mass is 9.92. The molecular weight excluding hydrogens is 773 g/mol. The minimum Gasteiger partial charge on any atom is -0.310 e. The second-order valence-corrected chi connectivity index (χ2v) is 16.5. The molecule has 1 heterocycles. The van der Waals surface area contributed by atoms with E-state index in [-0.39, 0.29) is 0 Å². The van der Waals surface area contributed by atoms with Gasteiger partial charge in [0.15, 0.2) is 0 Å². The standard InChI is InChI=1S/C62H42N2/c1-2-17-47(18-3-1)62-56(27-14-30-61(62)64-59-28-10-8-24-57(59)58-25-9-11-29-60(58)64)46-35-39-52(40-36-46)63(51-37-33-45(34-38-51)55-26-13-20-44-16-6-7-23-54(44)55)53-22-12-21-49(42-53)50-32-31-43-15-4-5-19-48(43)41-50/h1-42H. The average Bonchev–Trinajstić information content (AvgIpc) is 3.71. The van der Waals surface area contributed by atoms with Gasteiger partial charge < -0.3 is 9.47 Å². The van der Waals surface area contributed by atoms with Crippen molar-refractivity contribution < 1.29 is 0 Å². The van der Waals surface area contributed by atoms with Crippen LogP contribution in [0.25, 0.3) is 93.5 Å². The monoisotopic (exact) mass is 814 g/mol. The third kappa shape index (κ3) is 6.52. The van der Waals surface area contributed by atoms with Crippen LogP contribution in [0.15, 0.2) is 255 Å². The van der Waals surface area contributed by atoms with Gasteiger partial charge in [-0.2, -0.15) is 0 Å². The summed E-state index contributed by atoms with van der Waals surface area (Å²) >= 11 is 0. The summed E-state index contributed by atoms with van der Waals surface area (Å²) in [7, 11) is 0. The Morgan fingerprint density at radius 1 is 0.266 bits per heavy atom. The zero-order valence-corrected chi connectivity index (χ0v) is 35.1. The van der Waals surface area contributed by atoms with Crippen molar-refractivity contribution in [1.29, 1.82) is 0 Å². The van der Waals surface area contributed by atoms with Gasteiger partial charge in [0.05, 0.1) is 16.7 Å². The summed E-state index contributed by atoms with van der Waals surface area (Å²) in [5, 5.41) is 7.48. The van der Waals surface area contributed by atoms with Crippen molar-refractivity contribution in [3.05, 3.63) is 255 Å². The predicted octanol–water partition coefficient (Wildman–Crippen LogP) is 17.2. The molecule has 0 N–H and O–H groups in total. The van der Waals surface area contributed by atoms with E-state index in [4.69, 9.17) is 0 Å². The molecule has 0 bridgehead atoms. The maximum Gasteiger partial charge on any atom is 0.0546 e. The number of fused-ring (bicyclic) bond motifs is 5.